The lowest BCUT2D eigenvalue weighted by atomic mass is 10.0. The Bertz CT molecular complexity index is 1180. The number of amides is 1. The molecule has 0 aliphatic rings. The molecule has 4 aromatic rings. The van der Waals surface area contributed by atoms with Gasteiger partial charge in [0.05, 0.1) is 13.2 Å². The number of ether oxygens (including phenoxy) is 1. The molecule has 0 saturated heterocycles. The number of aryl methyl sites for hydroxylation is 1. The van der Waals surface area contributed by atoms with Gasteiger partial charge < -0.3 is 19.4 Å². The fourth-order valence-corrected chi connectivity index (χ4v) is 4.08. The zero-order valence-corrected chi connectivity index (χ0v) is 20.4. The standard InChI is InChI=1S/C29H31N3O3/c1-32(2)24(23-16-10-11-17-25(23)34-3)20-30-26(33)18-19-27-31-28(21-12-6-4-7-13-21)29(35-27)22-14-8-5-9-15-22/h4-17,24H,18-20H2,1-3H3,(H,30,33)/t24-/m1/s1. The maximum atomic E-state index is 12.7. The van der Waals surface area contributed by atoms with Crippen LogP contribution in [0.1, 0.15) is 23.9 Å². The van der Waals surface area contributed by atoms with Crippen molar-refractivity contribution in [3.63, 3.8) is 0 Å². The van der Waals surface area contributed by atoms with E-state index in [0.717, 1.165) is 33.9 Å². The molecule has 35 heavy (non-hydrogen) atoms. The molecule has 6 heteroatoms. The maximum absolute atomic E-state index is 12.7. The molecule has 6 nitrogen and oxygen atoms in total. The average Bonchev–Trinajstić information content (AvgIpc) is 3.33. The second-order valence-electron chi connectivity index (χ2n) is 8.54. The smallest absolute Gasteiger partial charge is 0.220 e. The number of nitrogens with zero attached hydrogens (tertiary/aromatic N) is 2. The molecule has 0 unspecified atom stereocenters. The van der Waals surface area contributed by atoms with Crippen LogP contribution in [0, 0.1) is 0 Å². The van der Waals surface area contributed by atoms with Crippen LogP contribution in [0.4, 0.5) is 0 Å². The van der Waals surface area contributed by atoms with Crippen LogP contribution in [0.2, 0.25) is 0 Å². The molecular weight excluding hydrogens is 438 g/mol. The van der Waals surface area contributed by atoms with Crippen molar-refractivity contribution in [2.45, 2.75) is 18.9 Å². The summed E-state index contributed by atoms with van der Waals surface area (Å²) in [7, 11) is 5.65. The van der Waals surface area contributed by atoms with E-state index >= 15 is 0 Å². The third-order valence-corrected chi connectivity index (χ3v) is 5.93. The number of carbonyl (C=O) groups is 1. The number of hydrogen-bond acceptors (Lipinski definition) is 5. The van der Waals surface area contributed by atoms with Crippen molar-refractivity contribution < 1.29 is 13.9 Å². The van der Waals surface area contributed by atoms with Gasteiger partial charge in [-0.3, -0.25) is 4.79 Å². The van der Waals surface area contributed by atoms with Crippen LogP contribution in [0.25, 0.3) is 22.6 Å². The molecule has 1 atom stereocenters. The zero-order valence-electron chi connectivity index (χ0n) is 20.4. The van der Waals surface area contributed by atoms with E-state index in [2.05, 4.69) is 10.2 Å². The van der Waals surface area contributed by atoms with Crippen LogP contribution in [-0.2, 0) is 11.2 Å². The van der Waals surface area contributed by atoms with Gasteiger partial charge >= 0.3 is 0 Å². The van der Waals surface area contributed by atoms with E-state index in [9.17, 15) is 4.79 Å². The van der Waals surface area contributed by atoms with E-state index in [-0.39, 0.29) is 18.4 Å². The SMILES string of the molecule is COc1ccccc1[C@@H](CNC(=O)CCc1nc(-c2ccccc2)c(-c2ccccc2)o1)N(C)C. The van der Waals surface area contributed by atoms with Gasteiger partial charge in [-0.25, -0.2) is 4.98 Å². The Labute approximate surface area is 206 Å². The van der Waals surface area contributed by atoms with Crippen LogP contribution in [0.5, 0.6) is 5.75 Å². The topological polar surface area (TPSA) is 67.6 Å². The van der Waals surface area contributed by atoms with Crippen LogP contribution in [0.3, 0.4) is 0 Å². The van der Waals surface area contributed by atoms with Gasteiger partial charge in [0.2, 0.25) is 5.91 Å². The van der Waals surface area contributed by atoms with Gasteiger partial charge in [-0.1, -0.05) is 78.9 Å². The Balaban J connectivity index is 1.45. The summed E-state index contributed by atoms with van der Waals surface area (Å²) in [5.41, 5.74) is 3.76. The second-order valence-corrected chi connectivity index (χ2v) is 8.54. The quantitative estimate of drug-likeness (QED) is 0.338. The van der Waals surface area contributed by atoms with Crippen molar-refractivity contribution in [3.8, 4) is 28.3 Å². The van der Waals surface area contributed by atoms with E-state index in [1.165, 1.54) is 0 Å². The normalized spacial score (nSPS) is 11.9. The summed E-state index contributed by atoms with van der Waals surface area (Å²) < 4.78 is 11.7. The first-order valence-electron chi connectivity index (χ1n) is 11.7. The number of methoxy groups -OCH3 is 1. The Hall–Kier alpha value is -3.90. The Morgan fingerprint density at radius 1 is 0.943 bits per heavy atom. The third-order valence-electron chi connectivity index (χ3n) is 5.93. The first-order valence-corrected chi connectivity index (χ1v) is 11.7. The molecule has 1 heterocycles. The molecule has 4 rings (SSSR count). The monoisotopic (exact) mass is 469 g/mol. The molecule has 180 valence electrons. The molecule has 0 aliphatic heterocycles. The van der Waals surface area contributed by atoms with E-state index in [1.807, 2.05) is 99.0 Å². The highest BCUT2D eigenvalue weighted by molar-refractivity contribution is 5.78. The minimum absolute atomic E-state index is 0.00814. The fraction of sp³-hybridized carbons (Fsp3) is 0.241. The van der Waals surface area contributed by atoms with E-state index < -0.39 is 0 Å². The number of rotatable bonds is 10. The van der Waals surface area contributed by atoms with Crippen LogP contribution in [-0.4, -0.2) is 43.5 Å². The molecule has 0 aliphatic carbocycles. The second kappa shape index (κ2) is 11.5. The minimum Gasteiger partial charge on any atom is -0.496 e. The average molecular weight is 470 g/mol. The molecule has 0 spiro atoms. The predicted molar refractivity (Wildman–Crippen MR) is 138 cm³/mol. The number of hydrogen-bond donors (Lipinski definition) is 1. The number of nitrogens with one attached hydrogen (secondary N) is 1. The summed E-state index contributed by atoms with van der Waals surface area (Å²) in [6.45, 7) is 0.475. The van der Waals surface area contributed by atoms with Gasteiger partial charge in [-0.2, -0.15) is 0 Å². The molecular formula is C29H31N3O3. The number of benzene rings is 3. The highest BCUT2D eigenvalue weighted by atomic mass is 16.5. The summed E-state index contributed by atoms with van der Waals surface area (Å²) in [5.74, 6) is 2.03. The highest BCUT2D eigenvalue weighted by Gasteiger charge is 2.20. The molecule has 0 bridgehead atoms. The van der Waals surface area contributed by atoms with E-state index in [4.69, 9.17) is 14.1 Å². The van der Waals surface area contributed by atoms with Crippen molar-refractivity contribution in [3.05, 3.63) is 96.4 Å². The predicted octanol–water partition coefficient (Wildman–Crippen LogP) is 5.37. The first-order chi connectivity index (χ1) is 17.1. The van der Waals surface area contributed by atoms with Gasteiger partial charge in [-0.05, 0) is 20.2 Å². The summed E-state index contributed by atoms with van der Waals surface area (Å²) in [6.07, 6.45) is 0.703. The third kappa shape index (κ3) is 5.97. The molecule has 1 N–H and O–H groups in total. The Kier molecular flexibility index (Phi) is 7.95. The molecule has 0 fully saturated rings. The van der Waals surface area contributed by atoms with Gasteiger partial charge in [0.1, 0.15) is 11.4 Å². The van der Waals surface area contributed by atoms with Crippen molar-refractivity contribution in [2.75, 3.05) is 27.7 Å². The number of para-hydroxylation sites is 1. The summed E-state index contributed by atoms with van der Waals surface area (Å²) >= 11 is 0. The summed E-state index contributed by atoms with van der Waals surface area (Å²) in [6, 6.07) is 27.8. The van der Waals surface area contributed by atoms with Crippen molar-refractivity contribution in [1.82, 2.24) is 15.2 Å². The minimum atomic E-state index is -0.0486. The lowest BCUT2D eigenvalue weighted by molar-refractivity contribution is -0.121. The fourth-order valence-electron chi connectivity index (χ4n) is 4.08. The van der Waals surface area contributed by atoms with E-state index in [1.54, 1.807) is 7.11 Å². The first kappa shape index (κ1) is 24.2. The molecule has 0 saturated carbocycles. The Morgan fingerprint density at radius 2 is 1.57 bits per heavy atom. The Morgan fingerprint density at radius 3 is 2.23 bits per heavy atom. The van der Waals surface area contributed by atoms with Crippen LogP contribution < -0.4 is 10.1 Å². The molecule has 1 amide bonds. The molecule has 0 radical (unpaired) electrons. The van der Waals surface area contributed by atoms with Crippen molar-refractivity contribution >= 4 is 5.91 Å². The van der Waals surface area contributed by atoms with Gasteiger partial charge in [-0.15, -0.1) is 0 Å². The lowest BCUT2D eigenvalue weighted by Crippen LogP contribution is -2.34. The van der Waals surface area contributed by atoms with Gasteiger partial charge in [0, 0.05) is 36.1 Å². The number of carbonyl (C=O) groups excluding carboxylic acids is 1. The van der Waals surface area contributed by atoms with E-state index in [0.29, 0.717) is 18.9 Å². The number of likely N-dealkylation sites (N-methyl/N-ethyl adjacent to an activating group) is 1. The number of aromatic nitrogens is 1. The maximum Gasteiger partial charge on any atom is 0.220 e. The largest absolute Gasteiger partial charge is 0.496 e. The van der Waals surface area contributed by atoms with Crippen LogP contribution in [0.15, 0.2) is 89.3 Å². The lowest BCUT2D eigenvalue weighted by Gasteiger charge is -2.26. The van der Waals surface area contributed by atoms with Gasteiger partial charge in [0.15, 0.2) is 11.7 Å². The molecule has 1 aromatic heterocycles. The number of oxazole rings is 1. The molecule has 3 aromatic carbocycles. The highest BCUT2D eigenvalue weighted by Crippen LogP contribution is 2.33. The van der Waals surface area contributed by atoms with Crippen molar-refractivity contribution in [2.24, 2.45) is 0 Å². The van der Waals surface area contributed by atoms with Gasteiger partial charge in [0.25, 0.3) is 0 Å². The van der Waals surface area contributed by atoms with Crippen LogP contribution >= 0.6 is 0 Å². The summed E-state index contributed by atoms with van der Waals surface area (Å²) in [4.78, 5) is 19.6. The summed E-state index contributed by atoms with van der Waals surface area (Å²) in [5, 5.41) is 3.06. The van der Waals surface area contributed by atoms with Crippen molar-refractivity contribution in [1.29, 1.82) is 0 Å². The zero-order chi connectivity index (χ0) is 24.6.